The lowest BCUT2D eigenvalue weighted by molar-refractivity contribution is -0.137. The zero-order valence-corrected chi connectivity index (χ0v) is 8.28. The summed E-state index contributed by atoms with van der Waals surface area (Å²) in [5, 5.41) is 5.87. The number of aromatic nitrogens is 2. The maximum absolute atomic E-state index is 12.1. The minimum Gasteiger partial charge on any atom is -0.166 e. The van der Waals surface area contributed by atoms with Crippen LogP contribution < -0.4 is 0 Å². The highest BCUT2D eigenvalue weighted by atomic mass is 127. The van der Waals surface area contributed by atoms with Gasteiger partial charge in [0.25, 0.3) is 0 Å². The van der Waals surface area contributed by atoms with Crippen LogP contribution in [0.3, 0.4) is 0 Å². The van der Waals surface area contributed by atoms with Gasteiger partial charge >= 0.3 is 6.18 Å². The predicted octanol–water partition coefficient (Wildman–Crippen LogP) is 2.75. The van der Waals surface area contributed by atoms with Crippen LogP contribution in [0.15, 0.2) is 6.07 Å². The molecule has 0 aliphatic carbocycles. The minimum atomic E-state index is -4.47. The minimum absolute atomic E-state index is 0.157. The maximum atomic E-state index is 12.1. The lowest BCUT2D eigenvalue weighted by Gasteiger charge is -2.06. The molecule has 0 radical (unpaired) electrons. The molecule has 7 heteroatoms. The molecule has 66 valence electrons. The second-order valence-electron chi connectivity index (χ2n) is 1.87. The number of rotatable bonds is 0. The van der Waals surface area contributed by atoms with Crippen molar-refractivity contribution in [3.8, 4) is 0 Å². The molecule has 1 aromatic rings. The Morgan fingerprint density at radius 1 is 1.33 bits per heavy atom. The van der Waals surface area contributed by atoms with Crippen molar-refractivity contribution in [1.82, 2.24) is 10.2 Å². The third-order valence-corrected chi connectivity index (χ3v) is 1.83. The van der Waals surface area contributed by atoms with Crippen molar-refractivity contribution in [2.45, 2.75) is 6.18 Å². The van der Waals surface area contributed by atoms with Crippen LogP contribution in [-0.4, -0.2) is 10.2 Å². The van der Waals surface area contributed by atoms with Crippen LogP contribution in [-0.2, 0) is 6.18 Å². The van der Waals surface area contributed by atoms with E-state index in [9.17, 15) is 13.2 Å². The highest BCUT2D eigenvalue weighted by molar-refractivity contribution is 14.1. The largest absolute Gasteiger partial charge is 0.419 e. The van der Waals surface area contributed by atoms with E-state index in [0.717, 1.165) is 6.07 Å². The van der Waals surface area contributed by atoms with E-state index in [0.29, 0.717) is 0 Å². The number of hydrogen-bond acceptors (Lipinski definition) is 2. The van der Waals surface area contributed by atoms with E-state index in [1.54, 1.807) is 22.6 Å². The Morgan fingerprint density at radius 2 is 1.92 bits per heavy atom. The Balaban J connectivity index is 3.23. The van der Waals surface area contributed by atoms with Gasteiger partial charge in [0.2, 0.25) is 0 Å². The van der Waals surface area contributed by atoms with Crippen LogP contribution >= 0.6 is 34.2 Å². The number of hydrogen-bond donors (Lipinski definition) is 0. The molecule has 0 saturated carbocycles. The van der Waals surface area contributed by atoms with Gasteiger partial charge in [-0.15, -0.1) is 10.2 Å². The Labute approximate surface area is 84.3 Å². The zero-order valence-electron chi connectivity index (χ0n) is 5.36. The van der Waals surface area contributed by atoms with Crippen molar-refractivity contribution >= 4 is 34.2 Å². The molecular formula is C5HClF3IN2. The fourth-order valence-corrected chi connectivity index (χ4v) is 1.17. The summed E-state index contributed by atoms with van der Waals surface area (Å²) in [4.78, 5) is 0. The van der Waals surface area contributed by atoms with Gasteiger partial charge in [0.15, 0.2) is 5.15 Å². The highest BCUT2D eigenvalue weighted by Crippen LogP contribution is 2.33. The van der Waals surface area contributed by atoms with Crippen molar-refractivity contribution in [2.75, 3.05) is 0 Å². The van der Waals surface area contributed by atoms with Crippen molar-refractivity contribution in [1.29, 1.82) is 0 Å². The zero-order chi connectivity index (χ0) is 9.35. The molecule has 0 atom stereocenters. The average molecular weight is 308 g/mol. The average Bonchev–Trinajstić information content (AvgIpc) is 1.92. The Kier molecular flexibility index (Phi) is 2.77. The van der Waals surface area contributed by atoms with Crippen LogP contribution in [0.5, 0.6) is 0 Å². The predicted molar refractivity (Wildman–Crippen MR) is 44.8 cm³/mol. The second kappa shape index (κ2) is 3.33. The van der Waals surface area contributed by atoms with E-state index in [4.69, 9.17) is 11.6 Å². The van der Waals surface area contributed by atoms with E-state index in [1.165, 1.54) is 0 Å². The van der Waals surface area contributed by atoms with E-state index in [2.05, 4.69) is 10.2 Å². The topological polar surface area (TPSA) is 25.8 Å². The normalized spacial score (nSPS) is 11.8. The summed E-state index contributed by atoms with van der Waals surface area (Å²) in [5.41, 5.74) is -0.955. The molecule has 0 fully saturated rings. The fourth-order valence-electron chi connectivity index (χ4n) is 0.552. The molecule has 2 nitrogen and oxygen atoms in total. The Hall–Kier alpha value is -0.110. The molecule has 0 saturated heterocycles. The molecule has 0 aliphatic heterocycles. The van der Waals surface area contributed by atoms with Crippen LogP contribution in [0.2, 0.25) is 5.15 Å². The Bertz CT molecular complexity index is 301. The van der Waals surface area contributed by atoms with E-state index >= 15 is 0 Å². The second-order valence-corrected chi connectivity index (χ2v) is 3.33. The first kappa shape index (κ1) is 9.97. The molecule has 1 rings (SSSR count). The SMILES string of the molecule is FC(F)(F)c1cc(I)nnc1Cl. The van der Waals surface area contributed by atoms with E-state index in [1.807, 2.05) is 0 Å². The van der Waals surface area contributed by atoms with Gasteiger partial charge in [-0.3, -0.25) is 0 Å². The van der Waals surface area contributed by atoms with Crippen LogP contribution in [0.25, 0.3) is 0 Å². The van der Waals surface area contributed by atoms with Gasteiger partial charge in [-0.2, -0.15) is 13.2 Å². The van der Waals surface area contributed by atoms with E-state index in [-0.39, 0.29) is 3.70 Å². The first-order chi connectivity index (χ1) is 5.41. The van der Waals surface area contributed by atoms with E-state index < -0.39 is 16.9 Å². The van der Waals surface area contributed by atoms with Gasteiger partial charge in [-0.05, 0) is 28.7 Å². The van der Waals surface area contributed by atoms with Crippen LogP contribution in [0, 0.1) is 3.70 Å². The lowest BCUT2D eigenvalue weighted by atomic mass is 10.3. The summed E-state index contributed by atoms with van der Waals surface area (Å²) < 4.78 is 36.4. The van der Waals surface area contributed by atoms with Crippen molar-refractivity contribution in [3.05, 3.63) is 20.5 Å². The quantitative estimate of drug-likeness (QED) is 0.689. The summed E-state index contributed by atoms with van der Waals surface area (Å²) in [7, 11) is 0. The molecule has 0 aromatic carbocycles. The fraction of sp³-hybridized carbons (Fsp3) is 0.200. The smallest absolute Gasteiger partial charge is 0.166 e. The van der Waals surface area contributed by atoms with Gasteiger partial charge in [0.05, 0.1) is 5.56 Å². The molecule has 0 bridgehead atoms. The Morgan fingerprint density at radius 3 is 2.33 bits per heavy atom. The van der Waals surface area contributed by atoms with Crippen molar-refractivity contribution in [2.24, 2.45) is 0 Å². The lowest BCUT2D eigenvalue weighted by Crippen LogP contribution is -2.08. The van der Waals surface area contributed by atoms with Crippen LogP contribution in [0.4, 0.5) is 13.2 Å². The summed E-state index contributed by atoms with van der Waals surface area (Å²) in [5.74, 6) is 0. The van der Waals surface area contributed by atoms with Crippen LogP contribution in [0.1, 0.15) is 5.56 Å². The molecule has 0 amide bonds. The molecule has 1 aromatic heterocycles. The third-order valence-electron chi connectivity index (χ3n) is 1.02. The number of nitrogens with zero attached hydrogens (tertiary/aromatic N) is 2. The van der Waals surface area contributed by atoms with Crippen molar-refractivity contribution in [3.63, 3.8) is 0 Å². The standard InChI is InChI=1S/C5HClF3IN2/c6-4-2(5(7,8)9)1-3(10)11-12-4/h1H. The summed E-state index contributed by atoms with van der Waals surface area (Å²) in [6.07, 6.45) is -4.47. The third kappa shape index (κ3) is 2.19. The molecule has 12 heavy (non-hydrogen) atoms. The summed E-state index contributed by atoms with van der Waals surface area (Å²) >= 11 is 6.81. The molecule has 1 heterocycles. The molecule has 0 N–H and O–H groups in total. The molecule has 0 unspecified atom stereocenters. The molecule has 0 aliphatic rings. The first-order valence-corrected chi connectivity index (χ1v) is 4.13. The number of halogens is 5. The first-order valence-electron chi connectivity index (χ1n) is 2.67. The van der Waals surface area contributed by atoms with Gasteiger partial charge < -0.3 is 0 Å². The number of alkyl halides is 3. The van der Waals surface area contributed by atoms with Gasteiger partial charge in [0.1, 0.15) is 3.70 Å². The van der Waals surface area contributed by atoms with Gasteiger partial charge in [0, 0.05) is 0 Å². The summed E-state index contributed by atoms with van der Waals surface area (Å²) in [6.45, 7) is 0. The molecule has 0 spiro atoms. The monoisotopic (exact) mass is 308 g/mol. The maximum Gasteiger partial charge on any atom is 0.419 e. The van der Waals surface area contributed by atoms with Gasteiger partial charge in [-0.1, -0.05) is 11.6 Å². The molecular weight excluding hydrogens is 307 g/mol. The van der Waals surface area contributed by atoms with Crippen molar-refractivity contribution < 1.29 is 13.2 Å². The van der Waals surface area contributed by atoms with Gasteiger partial charge in [-0.25, -0.2) is 0 Å². The highest BCUT2D eigenvalue weighted by Gasteiger charge is 2.34. The summed E-state index contributed by atoms with van der Waals surface area (Å²) in [6, 6.07) is 0.843.